The molecule has 1 aromatic rings. The molecule has 1 aromatic carbocycles. The van der Waals surface area contributed by atoms with Crippen molar-refractivity contribution in [1.82, 2.24) is 15.5 Å². The molecule has 2 aliphatic heterocycles. The first-order chi connectivity index (χ1) is 11.9. The van der Waals surface area contributed by atoms with E-state index in [1.165, 1.54) is 0 Å². The molecule has 1 saturated heterocycles. The van der Waals surface area contributed by atoms with E-state index in [1.807, 2.05) is 6.92 Å². The summed E-state index contributed by atoms with van der Waals surface area (Å²) in [6.07, 6.45) is 0.259. The molecule has 4 N–H and O–H groups in total. The van der Waals surface area contributed by atoms with Crippen LogP contribution in [-0.2, 0) is 16.1 Å². The van der Waals surface area contributed by atoms with E-state index in [-0.39, 0.29) is 35.9 Å². The first kappa shape index (κ1) is 17.2. The molecule has 0 aromatic heterocycles. The Balaban J connectivity index is 1.79. The van der Waals surface area contributed by atoms with Gasteiger partial charge in [-0.1, -0.05) is 6.07 Å². The maximum absolute atomic E-state index is 12.7. The number of rotatable bonds is 5. The van der Waals surface area contributed by atoms with E-state index < -0.39 is 23.8 Å². The van der Waals surface area contributed by atoms with E-state index in [9.17, 15) is 19.2 Å². The van der Waals surface area contributed by atoms with Crippen molar-refractivity contribution >= 4 is 23.6 Å². The summed E-state index contributed by atoms with van der Waals surface area (Å²) in [7, 11) is 0. The summed E-state index contributed by atoms with van der Waals surface area (Å²) in [6.45, 7) is 3.04. The molecule has 25 heavy (non-hydrogen) atoms. The predicted octanol–water partition coefficient (Wildman–Crippen LogP) is -0.475. The van der Waals surface area contributed by atoms with Gasteiger partial charge in [0.25, 0.3) is 11.8 Å². The summed E-state index contributed by atoms with van der Waals surface area (Å²) in [5.41, 5.74) is 7.10. The van der Waals surface area contributed by atoms with Gasteiger partial charge in [-0.25, -0.2) is 0 Å². The summed E-state index contributed by atoms with van der Waals surface area (Å²) >= 11 is 0. The molecule has 0 spiro atoms. The van der Waals surface area contributed by atoms with Crippen LogP contribution in [0.4, 0.5) is 0 Å². The molecule has 0 radical (unpaired) electrons. The van der Waals surface area contributed by atoms with E-state index in [0.717, 1.165) is 10.5 Å². The summed E-state index contributed by atoms with van der Waals surface area (Å²) in [6, 6.07) is 4.11. The molecule has 0 aliphatic carbocycles. The quantitative estimate of drug-likeness (QED) is 0.621. The largest absolute Gasteiger partial charge is 0.327 e. The number of hydrogen-bond acceptors (Lipinski definition) is 6. The second-order valence-electron chi connectivity index (χ2n) is 6.44. The summed E-state index contributed by atoms with van der Waals surface area (Å²) in [5, 5.41) is 5.35. The molecule has 1 unspecified atom stereocenters. The molecule has 2 atom stereocenters. The Labute approximate surface area is 144 Å². The van der Waals surface area contributed by atoms with Crippen molar-refractivity contribution < 1.29 is 19.2 Å². The number of benzene rings is 1. The van der Waals surface area contributed by atoms with Crippen LogP contribution in [0.25, 0.3) is 0 Å². The lowest BCUT2D eigenvalue weighted by Gasteiger charge is -2.27. The maximum Gasteiger partial charge on any atom is 0.262 e. The van der Waals surface area contributed by atoms with Crippen molar-refractivity contribution in [2.75, 3.05) is 6.54 Å². The van der Waals surface area contributed by atoms with E-state index >= 15 is 0 Å². The number of nitrogens with zero attached hydrogens (tertiary/aromatic N) is 1. The van der Waals surface area contributed by atoms with Gasteiger partial charge in [0.1, 0.15) is 6.04 Å². The van der Waals surface area contributed by atoms with Crippen LogP contribution in [-0.4, -0.2) is 47.2 Å². The smallest absolute Gasteiger partial charge is 0.262 e. The molecule has 4 amide bonds. The third-order valence-corrected chi connectivity index (χ3v) is 4.30. The maximum atomic E-state index is 12.7. The summed E-state index contributed by atoms with van der Waals surface area (Å²) in [4.78, 5) is 49.5. The average Bonchev–Trinajstić information content (AvgIpc) is 2.79. The molecule has 1 fully saturated rings. The fraction of sp³-hybridized carbons (Fsp3) is 0.412. The van der Waals surface area contributed by atoms with Gasteiger partial charge in [-0.05, 0) is 31.0 Å². The highest BCUT2D eigenvalue weighted by Gasteiger charge is 2.44. The molecule has 132 valence electrons. The lowest BCUT2D eigenvalue weighted by atomic mass is 10.0. The zero-order chi connectivity index (χ0) is 18.1. The van der Waals surface area contributed by atoms with Gasteiger partial charge >= 0.3 is 0 Å². The molecule has 0 saturated carbocycles. The van der Waals surface area contributed by atoms with E-state index in [0.29, 0.717) is 13.1 Å². The monoisotopic (exact) mass is 344 g/mol. The number of amides is 4. The highest BCUT2D eigenvalue weighted by atomic mass is 16.2. The second kappa shape index (κ2) is 6.73. The van der Waals surface area contributed by atoms with Crippen LogP contribution in [0.15, 0.2) is 18.2 Å². The number of imide groups is 2. The number of piperidine rings is 1. The topological polar surface area (TPSA) is 122 Å². The minimum absolute atomic E-state index is 0.0145. The van der Waals surface area contributed by atoms with Crippen LogP contribution in [0.3, 0.4) is 0 Å². The van der Waals surface area contributed by atoms with Gasteiger partial charge in [0.15, 0.2) is 0 Å². The highest BCUT2D eigenvalue weighted by molar-refractivity contribution is 6.23. The Morgan fingerprint density at radius 2 is 1.96 bits per heavy atom. The Morgan fingerprint density at radius 3 is 2.64 bits per heavy atom. The van der Waals surface area contributed by atoms with Crippen LogP contribution in [0.1, 0.15) is 46.0 Å². The first-order valence-electron chi connectivity index (χ1n) is 8.19. The molecule has 0 bridgehead atoms. The van der Waals surface area contributed by atoms with Crippen LogP contribution in [0, 0.1) is 0 Å². The van der Waals surface area contributed by atoms with Crippen LogP contribution >= 0.6 is 0 Å². The van der Waals surface area contributed by atoms with Gasteiger partial charge < -0.3 is 11.1 Å². The Bertz CT molecular complexity index is 759. The molecule has 3 rings (SSSR count). The van der Waals surface area contributed by atoms with Crippen LogP contribution < -0.4 is 16.4 Å². The van der Waals surface area contributed by atoms with Gasteiger partial charge in [0.2, 0.25) is 11.8 Å². The van der Waals surface area contributed by atoms with Gasteiger partial charge in [0, 0.05) is 25.6 Å². The fourth-order valence-electron chi connectivity index (χ4n) is 3.07. The van der Waals surface area contributed by atoms with E-state index in [1.54, 1.807) is 18.2 Å². The number of carbonyl (C=O) groups is 4. The Morgan fingerprint density at radius 1 is 1.24 bits per heavy atom. The molecular weight excluding hydrogens is 324 g/mol. The van der Waals surface area contributed by atoms with Crippen LogP contribution in [0.2, 0.25) is 0 Å². The minimum Gasteiger partial charge on any atom is -0.327 e. The van der Waals surface area contributed by atoms with Crippen molar-refractivity contribution in [2.24, 2.45) is 5.73 Å². The Hall–Kier alpha value is -2.58. The number of nitrogens with two attached hydrogens (primary N) is 1. The van der Waals surface area contributed by atoms with Gasteiger partial charge in [0.05, 0.1) is 11.1 Å². The number of hydrogen-bond donors (Lipinski definition) is 3. The van der Waals surface area contributed by atoms with Crippen molar-refractivity contribution in [3.05, 3.63) is 34.9 Å². The van der Waals surface area contributed by atoms with Crippen molar-refractivity contribution in [3.8, 4) is 0 Å². The fourth-order valence-corrected chi connectivity index (χ4v) is 3.07. The van der Waals surface area contributed by atoms with Crippen molar-refractivity contribution in [1.29, 1.82) is 0 Å². The zero-order valence-corrected chi connectivity index (χ0v) is 13.9. The molecular formula is C17H20N4O4. The SMILES string of the molecule is C[C@@H](N)CNCc1ccc2c(c1)C(=O)N(C1CCC(=O)NC1=O)C2=O. The second-order valence-corrected chi connectivity index (χ2v) is 6.44. The van der Waals surface area contributed by atoms with E-state index in [2.05, 4.69) is 10.6 Å². The van der Waals surface area contributed by atoms with Crippen LogP contribution in [0.5, 0.6) is 0 Å². The first-order valence-corrected chi connectivity index (χ1v) is 8.19. The third kappa shape index (κ3) is 3.31. The van der Waals surface area contributed by atoms with Gasteiger partial charge in [-0.3, -0.25) is 29.4 Å². The van der Waals surface area contributed by atoms with E-state index in [4.69, 9.17) is 5.73 Å². The molecule has 2 heterocycles. The average molecular weight is 344 g/mol. The van der Waals surface area contributed by atoms with Crippen molar-refractivity contribution in [3.63, 3.8) is 0 Å². The van der Waals surface area contributed by atoms with Gasteiger partial charge in [-0.2, -0.15) is 0 Å². The normalized spacial score (nSPS) is 21.4. The number of fused-ring (bicyclic) bond motifs is 1. The lowest BCUT2D eigenvalue weighted by molar-refractivity contribution is -0.136. The lowest BCUT2D eigenvalue weighted by Crippen LogP contribution is -2.54. The van der Waals surface area contributed by atoms with Gasteiger partial charge in [-0.15, -0.1) is 0 Å². The number of carbonyl (C=O) groups excluding carboxylic acids is 4. The summed E-state index contributed by atoms with van der Waals surface area (Å²) < 4.78 is 0. The minimum atomic E-state index is -0.940. The zero-order valence-electron chi connectivity index (χ0n) is 13.9. The third-order valence-electron chi connectivity index (χ3n) is 4.30. The molecule has 8 heteroatoms. The highest BCUT2D eigenvalue weighted by Crippen LogP contribution is 2.28. The number of nitrogens with one attached hydrogen (secondary N) is 2. The molecule has 2 aliphatic rings. The molecule has 8 nitrogen and oxygen atoms in total. The predicted molar refractivity (Wildman–Crippen MR) is 88.5 cm³/mol. The Kier molecular flexibility index (Phi) is 4.65. The summed E-state index contributed by atoms with van der Waals surface area (Å²) in [5.74, 6) is -1.99. The van der Waals surface area contributed by atoms with Crippen molar-refractivity contribution in [2.45, 2.75) is 38.4 Å². The standard InChI is InChI=1S/C17H20N4O4/c1-9(18)7-19-8-10-2-3-11-12(6-10)17(25)21(16(11)24)13-4-5-14(22)20-15(13)23/h2-3,6,9,13,19H,4-5,7-8,18H2,1H3,(H,20,22,23)/t9-,13?/m1/s1.